The molecule has 3 rings (SSSR count). The van der Waals surface area contributed by atoms with Crippen LogP contribution >= 0.6 is 0 Å². The number of nitrogens with zero attached hydrogens (tertiary/aromatic N) is 4. The van der Waals surface area contributed by atoms with Crippen LogP contribution in [0.1, 0.15) is 5.56 Å². The van der Waals surface area contributed by atoms with Gasteiger partial charge in [-0.25, -0.2) is 9.67 Å². The maximum atomic E-state index is 12.6. The molecule has 0 saturated heterocycles. The molecule has 0 atom stereocenters. The summed E-state index contributed by atoms with van der Waals surface area (Å²) in [5, 5.41) is 4.04. The number of halogens is 3. The Labute approximate surface area is 128 Å². The zero-order valence-electron chi connectivity index (χ0n) is 11.9. The molecule has 2 heterocycles. The molecule has 3 aromatic rings. The quantitative estimate of drug-likeness (QED) is 0.729. The third-order valence-electron chi connectivity index (χ3n) is 3.33. The van der Waals surface area contributed by atoms with Crippen LogP contribution in [-0.2, 0) is 13.2 Å². The highest BCUT2D eigenvalue weighted by molar-refractivity contribution is 5.56. The summed E-state index contributed by atoms with van der Waals surface area (Å²) >= 11 is 0. The third-order valence-corrected chi connectivity index (χ3v) is 3.33. The second-order valence-electron chi connectivity index (χ2n) is 4.91. The first kappa shape index (κ1) is 15.0. The average Bonchev–Trinajstić information content (AvgIpc) is 2.99. The summed E-state index contributed by atoms with van der Waals surface area (Å²) < 4.78 is 40.7. The molecule has 0 bridgehead atoms. The molecule has 0 spiro atoms. The molecule has 0 aliphatic rings. The number of aromatic nitrogens is 4. The van der Waals surface area contributed by atoms with Crippen LogP contribution in [0.4, 0.5) is 13.2 Å². The van der Waals surface area contributed by atoms with Gasteiger partial charge in [-0.2, -0.15) is 18.3 Å². The lowest BCUT2D eigenvalue weighted by molar-refractivity contribution is -0.137. The molecule has 0 aliphatic carbocycles. The Morgan fingerprint density at radius 1 is 1.04 bits per heavy atom. The Morgan fingerprint density at radius 2 is 1.74 bits per heavy atom. The van der Waals surface area contributed by atoms with E-state index < -0.39 is 11.7 Å². The molecule has 0 amide bonds. The number of benzene rings is 1. The van der Waals surface area contributed by atoms with Crippen LogP contribution in [0.5, 0.6) is 0 Å². The SMILES string of the molecule is Cn1cc(-c2ncnn2-c2ccc(C(F)(F)F)cc2)ccc1=O. The molecule has 8 heteroatoms. The van der Waals surface area contributed by atoms with Crippen LogP contribution in [0.15, 0.2) is 53.7 Å². The van der Waals surface area contributed by atoms with Crippen LogP contribution in [-0.4, -0.2) is 19.3 Å². The van der Waals surface area contributed by atoms with Crippen molar-refractivity contribution in [2.24, 2.45) is 7.05 Å². The summed E-state index contributed by atoms with van der Waals surface area (Å²) in [4.78, 5) is 15.6. The summed E-state index contributed by atoms with van der Waals surface area (Å²) in [5.41, 5.74) is 0.170. The maximum absolute atomic E-state index is 12.6. The summed E-state index contributed by atoms with van der Waals surface area (Å²) in [7, 11) is 1.60. The van der Waals surface area contributed by atoms with E-state index in [1.165, 1.54) is 33.8 Å². The molecule has 5 nitrogen and oxygen atoms in total. The highest BCUT2D eigenvalue weighted by Crippen LogP contribution is 2.30. The molecule has 118 valence electrons. The zero-order chi connectivity index (χ0) is 16.6. The number of pyridine rings is 1. The number of alkyl halides is 3. The van der Waals surface area contributed by atoms with Crippen molar-refractivity contribution in [2.75, 3.05) is 0 Å². The molecular formula is C15H11F3N4O. The minimum Gasteiger partial charge on any atom is -0.318 e. The molecule has 1 aromatic carbocycles. The molecule has 0 saturated carbocycles. The first-order chi connectivity index (χ1) is 10.9. The van der Waals surface area contributed by atoms with E-state index in [-0.39, 0.29) is 5.56 Å². The highest BCUT2D eigenvalue weighted by Gasteiger charge is 2.30. The second kappa shape index (κ2) is 5.38. The summed E-state index contributed by atoms with van der Waals surface area (Å²) in [6.45, 7) is 0. The van der Waals surface area contributed by atoms with Gasteiger partial charge in [0.1, 0.15) is 6.33 Å². The fraction of sp³-hybridized carbons (Fsp3) is 0.133. The first-order valence-corrected chi connectivity index (χ1v) is 6.61. The van der Waals surface area contributed by atoms with Crippen molar-refractivity contribution < 1.29 is 13.2 Å². The fourth-order valence-corrected chi connectivity index (χ4v) is 2.15. The Kier molecular flexibility index (Phi) is 3.51. The van der Waals surface area contributed by atoms with Gasteiger partial charge in [0.25, 0.3) is 0 Å². The third kappa shape index (κ3) is 2.87. The Bertz CT molecular complexity index is 894. The maximum Gasteiger partial charge on any atom is 0.416 e. The molecule has 0 aliphatic heterocycles. The van der Waals surface area contributed by atoms with E-state index in [0.717, 1.165) is 12.1 Å². The topological polar surface area (TPSA) is 52.7 Å². The van der Waals surface area contributed by atoms with Crippen LogP contribution in [0.2, 0.25) is 0 Å². The number of rotatable bonds is 2. The van der Waals surface area contributed by atoms with Crippen LogP contribution < -0.4 is 5.56 Å². The number of hydrogen-bond acceptors (Lipinski definition) is 3. The van der Waals surface area contributed by atoms with Crippen molar-refractivity contribution in [3.8, 4) is 17.1 Å². The van der Waals surface area contributed by atoms with E-state index in [2.05, 4.69) is 10.1 Å². The number of hydrogen-bond donors (Lipinski definition) is 0. The molecular weight excluding hydrogens is 309 g/mol. The summed E-state index contributed by atoms with van der Waals surface area (Å²) in [6, 6.07) is 7.60. The van der Waals surface area contributed by atoms with Gasteiger partial charge in [0.2, 0.25) is 5.56 Å². The van der Waals surface area contributed by atoms with Gasteiger partial charge in [0.05, 0.1) is 11.3 Å². The van der Waals surface area contributed by atoms with Gasteiger partial charge < -0.3 is 4.57 Å². The lowest BCUT2D eigenvalue weighted by Gasteiger charge is -2.09. The smallest absolute Gasteiger partial charge is 0.318 e. The average molecular weight is 320 g/mol. The van der Waals surface area contributed by atoms with E-state index in [4.69, 9.17) is 0 Å². The fourth-order valence-electron chi connectivity index (χ4n) is 2.15. The van der Waals surface area contributed by atoms with Crippen LogP contribution in [0, 0.1) is 0 Å². The van der Waals surface area contributed by atoms with Crippen molar-refractivity contribution in [1.82, 2.24) is 19.3 Å². The standard InChI is InChI=1S/C15H11F3N4O/c1-21-8-10(2-7-13(21)23)14-19-9-20-22(14)12-5-3-11(4-6-12)15(16,17)18/h2-9H,1H3. The van der Waals surface area contributed by atoms with Crippen molar-refractivity contribution in [2.45, 2.75) is 6.18 Å². The first-order valence-electron chi connectivity index (χ1n) is 6.61. The summed E-state index contributed by atoms with van der Waals surface area (Å²) in [6.07, 6.45) is -1.49. The normalized spacial score (nSPS) is 11.7. The lowest BCUT2D eigenvalue weighted by Crippen LogP contribution is -2.14. The minimum absolute atomic E-state index is 0.172. The van der Waals surface area contributed by atoms with Gasteiger partial charge in [-0.05, 0) is 30.3 Å². The molecule has 23 heavy (non-hydrogen) atoms. The van der Waals surface area contributed by atoms with Crippen molar-refractivity contribution in [3.05, 3.63) is 64.8 Å². The molecule has 0 radical (unpaired) electrons. The molecule has 2 aromatic heterocycles. The van der Waals surface area contributed by atoms with E-state index in [0.29, 0.717) is 17.1 Å². The van der Waals surface area contributed by atoms with Gasteiger partial charge >= 0.3 is 6.18 Å². The second-order valence-corrected chi connectivity index (χ2v) is 4.91. The van der Waals surface area contributed by atoms with Gasteiger partial charge in [0.15, 0.2) is 5.82 Å². The lowest BCUT2D eigenvalue weighted by atomic mass is 10.2. The molecule has 0 unspecified atom stereocenters. The van der Waals surface area contributed by atoms with Gasteiger partial charge in [-0.3, -0.25) is 4.79 Å². The Morgan fingerprint density at radius 3 is 2.35 bits per heavy atom. The number of aryl methyl sites for hydroxylation is 1. The van der Waals surface area contributed by atoms with Gasteiger partial charge in [0, 0.05) is 24.9 Å². The van der Waals surface area contributed by atoms with Gasteiger partial charge in [-0.15, -0.1) is 0 Å². The van der Waals surface area contributed by atoms with Crippen LogP contribution in [0.25, 0.3) is 17.1 Å². The predicted octanol–water partition coefficient (Wildman–Crippen LogP) is 2.65. The summed E-state index contributed by atoms with van der Waals surface area (Å²) in [5.74, 6) is 0.431. The van der Waals surface area contributed by atoms with Crippen LogP contribution in [0.3, 0.4) is 0 Å². The molecule has 0 N–H and O–H groups in total. The van der Waals surface area contributed by atoms with Crippen molar-refractivity contribution in [1.29, 1.82) is 0 Å². The van der Waals surface area contributed by atoms with E-state index in [9.17, 15) is 18.0 Å². The Balaban J connectivity index is 2.04. The predicted molar refractivity (Wildman–Crippen MR) is 77.0 cm³/mol. The zero-order valence-corrected chi connectivity index (χ0v) is 11.9. The Hall–Kier alpha value is -2.90. The van der Waals surface area contributed by atoms with Gasteiger partial charge in [-0.1, -0.05) is 0 Å². The highest BCUT2D eigenvalue weighted by atomic mass is 19.4. The van der Waals surface area contributed by atoms with E-state index in [1.54, 1.807) is 19.3 Å². The van der Waals surface area contributed by atoms with E-state index >= 15 is 0 Å². The van der Waals surface area contributed by atoms with Crippen molar-refractivity contribution >= 4 is 0 Å². The minimum atomic E-state index is -4.39. The molecule has 0 fully saturated rings. The van der Waals surface area contributed by atoms with Crippen molar-refractivity contribution in [3.63, 3.8) is 0 Å². The van der Waals surface area contributed by atoms with E-state index in [1.807, 2.05) is 0 Å². The largest absolute Gasteiger partial charge is 0.416 e. The monoisotopic (exact) mass is 320 g/mol.